The fourth-order valence-electron chi connectivity index (χ4n) is 3.19. The number of fused-ring (bicyclic) bond motifs is 1. The van der Waals surface area contributed by atoms with Crippen molar-refractivity contribution in [1.29, 1.82) is 0 Å². The van der Waals surface area contributed by atoms with Gasteiger partial charge >= 0.3 is 12.3 Å². The number of rotatable bonds is 5. The van der Waals surface area contributed by atoms with E-state index in [4.69, 9.17) is 23.2 Å². The monoisotopic (exact) mass is 431 g/mol. The summed E-state index contributed by atoms with van der Waals surface area (Å²) >= 11 is 12.4. The van der Waals surface area contributed by atoms with E-state index in [9.17, 15) is 23.1 Å². The van der Waals surface area contributed by atoms with Gasteiger partial charge in [-0.2, -0.15) is 0 Å². The maximum absolute atomic E-state index is 12.5. The highest BCUT2D eigenvalue weighted by Gasteiger charge is 2.31. The quantitative estimate of drug-likeness (QED) is 0.552. The van der Waals surface area contributed by atoms with Crippen LogP contribution in [0.25, 0.3) is 10.9 Å². The molecule has 0 atom stereocenters. The number of carbonyl (C=O) groups is 1. The second-order valence-electron chi connectivity index (χ2n) is 6.20. The van der Waals surface area contributed by atoms with Crippen LogP contribution in [0, 0.1) is 6.92 Å². The zero-order valence-electron chi connectivity index (χ0n) is 14.5. The van der Waals surface area contributed by atoms with Gasteiger partial charge in [0.1, 0.15) is 5.75 Å². The molecular weight excluding hydrogens is 418 g/mol. The molecular formula is C19H14Cl2F3NO3. The van der Waals surface area contributed by atoms with Gasteiger partial charge in [0, 0.05) is 22.6 Å². The third-order valence-corrected chi connectivity index (χ3v) is 4.79. The van der Waals surface area contributed by atoms with Gasteiger partial charge in [0.2, 0.25) is 0 Å². The molecule has 0 bridgehead atoms. The van der Waals surface area contributed by atoms with Crippen LogP contribution in [0.4, 0.5) is 13.2 Å². The van der Waals surface area contributed by atoms with Gasteiger partial charge < -0.3 is 14.4 Å². The minimum Gasteiger partial charge on any atom is -0.481 e. The maximum Gasteiger partial charge on any atom is 0.573 e. The van der Waals surface area contributed by atoms with Crippen molar-refractivity contribution in [3.05, 3.63) is 63.3 Å². The van der Waals surface area contributed by atoms with Crippen LogP contribution in [0.5, 0.6) is 5.75 Å². The van der Waals surface area contributed by atoms with Crippen molar-refractivity contribution >= 4 is 40.1 Å². The van der Waals surface area contributed by atoms with Crippen LogP contribution < -0.4 is 4.74 Å². The van der Waals surface area contributed by atoms with Crippen LogP contribution in [0.15, 0.2) is 36.4 Å². The summed E-state index contributed by atoms with van der Waals surface area (Å²) in [5.41, 5.74) is 2.32. The summed E-state index contributed by atoms with van der Waals surface area (Å²) in [6, 6.07) is 8.77. The molecule has 0 saturated carbocycles. The molecule has 9 heteroatoms. The Morgan fingerprint density at radius 2 is 1.93 bits per heavy atom. The van der Waals surface area contributed by atoms with Gasteiger partial charge in [-0.3, -0.25) is 4.79 Å². The number of ether oxygens (including phenoxy) is 1. The first-order chi connectivity index (χ1) is 13.0. The topological polar surface area (TPSA) is 51.5 Å². The van der Waals surface area contributed by atoms with Gasteiger partial charge in [-0.1, -0.05) is 35.3 Å². The van der Waals surface area contributed by atoms with E-state index < -0.39 is 12.3 Å². The maximum atomic E-state index is 12.5. The fourth-order valence-corrected chi connectivity index (χ4v) is 3.79. The summed E-state index contributed by atoms with van der Waals surface area (Å²) in [7, 11) is 0. The minimum atomic E-state index is -4.79. The highest BCUT2D eigenvalue weighted by molar-refractivity contribution is 6.39. The number of carboxylic acids is 1. The lowest BCUT2D eigenvalue weighted by molar-refractivity contribution is -0.274. The lowest BCUT2D eigenvalue weighted by Gasteiger charge is -2.12. The van der Waals surface area contributed by atoms with Gasteiger partial charge in [0.15, 0.2) is 0 Å². The average molecular weight is 432 g/mol. The first kappa shape index (κ1) is 20.4. The molecule has 1 N–H and O–H groups in total. The van der Waals surface area contributed by atoms with Gasteiger partial charge in [-0.25, -0.2) is 0 Å². The Bertz CT molecular complexity index is 1060. The summed E-state index contributed by atoms with van der Waals surface area (Å²) in [6.45, 7) is 1.92. The van der Waals surface area contributed by atoms with Crippen molar-refractivity contribution < 1.29 is 27.8 Å². The van der Waals surface area contributed by atoms with E-state index in [2.05, 4.69) is 4.74 Å². The van der Waals surface area contributed by atoms with Gasteiger partial charge in [-0.15, -0.1) is 13.2 Å². The van der Waals surface area contributed by atoms with Crippen molar-refractivity contribution in [2.24, 2.45) is 0 Å². The number of halogens is 5. The largest absolute Gasteiger partial charge is 0.573 e. The van der Waals surface area contributed by atoms with E-state index in [1.165, 1.54) is 24.3 Å². The Kier molecular flexibility index (Phi) is 5.50. The van der Waals surface area contributed by atoms with E-state index in [-0.39, 0.29) is 18.7 Å². The lowest BCUT2D eigenvalue weighted by Crippen LogP contribution is -2.17. The highest BCUT2D eigenvalue weighted by atomic mass is 35.5. The molecule has 0 aliphatic carbocycles. The molecule has 3 rings (SSSR count). The summed E-state index contributed by atoms with van der Waals surface area (Å²) < 4.78 is 43.2. The molecule has 1 aromatic heterocycles. The number of aromatic nitrogens is 1. The zero-order valence-corrected chi connectivity index (χ0v) is 16.0. The second kappa shape index (κ2) is 7.56. The molecule has 0 amide bonds. The molecule has 28 heavy (non-hydrogen) atoms. The average Bonchev–Trinajstić information content (AvgIpc) is 2.79. The molecule has 0 fully saturated rings. The SMILES string of the molecule is Cc1c(CC(=O)O)c2c(Cl)cc(Cl)cc2n1Cc1cccc(OC(F)(F)F)c1. The van der Waals surface area contributed by atoms with Crippen molar-refractivity contribution in [2.75, 3.05) is 0 Å². The van der Waals surface area contributed by atoms with Gasteiger partial charge in [0.05, 0.1) is 17.0 Å². The molecule has 4 nitrogen and oxygen atoms in total. The molecule has 1 heterocycles. The van der Waals surface area contributed by atoms with Crippen molar-refractivity contribution in [1.82, 2.24) is 4.57 Å². The van der Waals surface area contributed by atoms with Crippen LogP contribution in [-0.4, -0.2) is 22.0 Å². The number of aliphatic carboxylic acids is 1. The number of nitrogens with zero attached hydrogens (tertiary/aromatic N) is 1. The summed E-state index contributed by atoms with van der Waals surface area (Å²) in [5.74, 6) is -1.35. The molecule has 0 radical (unpaired) electrons. The third kappa shape index (κ3) is 4.36. The minimum absolute atomic E-state index is 0.188. The summed E-state index contributed by atoms with van der Waals surface area (Å²) in [4.78, 5) is 11.3. The molecule has 0 unspecified atom stereocenters. The van der Waals surface area contributed by atoms with E-state index in [0.29, 0.717) is 37.8 Å². The fraction of sp³-hybridized carbons (Fsp3) is 0.211. The van der Waals surface area contributed by atoms with Crippen LogP contribution in [0.3, 0.4) is 0 Å². The van der Waals surface area contributed by atoms with Crippen molar-refractivity contribution in [3.63, 3.8) is 0 Å². The van der Waals surface area contributed by atoms with Gasteiger partial charge in [0.25, 0.3) is 0 Å². The predicted molar refractivity (Wildman–Crippen MR) is 100 cm³/mol. The predicted octanol–water partition coefficient (Wildman–Crippen LogP) is 5.83. The van der Waals surface area contributed by atoms with Crippen LogP contribution in [0.2, 0.25) is 10.0 Å². The number of benzene rings is 2. The first-order valence-electron chi connectivity index (χ1n) is 8.08. The Hall–Kier alpha value is -2.38. The van der Waals surface area contributed by atoms with Crippen molar-refractivity contribution in [3.8, 4) is 5.75 Å². The Morgan fingerprint density at radius 1 is 1.21 bits per heavy atom. The zero-order chi connectivity index (χ0) is 20.6. The molecule has 0 saturated heterocycles. The van der Waals surface area contributed by atoms with E-state index >= 15 is 0 Å². The number of hydrogen-bond donors (Lipinski definition) is 1. The van der Waals surface area contributed by atoms with E-state index in [1.54, 1.807) is 23.6 Å². The number of hydrogen-bond acceptors (Lipinski definition) is 2. The van der Waals surface area contributed by atoms with E-state index in [0.717, 1.165) is 0 Å². The Morgan fingerprint density at radius 3 is 2.57 bits per heavy atom. The standard InChI is InChI=1S/C19H14Cl2F3NO3/c1-10-14(8-17(26)27)18-15(21)6-12(20)7-16(18)25(10)9-11-3-2-4-13(5-11)28-19(22,23)24/h2-7H,8-9H2,1H3,(H,26,27). The van der Waals surface area contributed by atoms with Crippen LogP contribution in [0.1, 0.15) is 16.8 Å². The Balaban J connectivity index is 2.10. The summed E-state index contributed by atoms with van der Waals surface area (Å²) in [6.07, 6.45) is -5.03. The van der Waals surface area contributed by atoms with Crippen molar-refractivity contribution in [2.45, 2.75) is 26.3 Å². The molecule has 2 aromatic carbocycles. The van der Waals surface area contributed by atoms with E-state index in [1.807, 2.05) is 0 Å². The molecule has 148 valence electrons. The molecule has 0 aliphatic heterocycles. The highest BCUT2D eigenvalue weighted by Crippen LogP contribution is 2.35. The normalized spacial score (nSPS) is 11.8. The molecule has 3 aromatic rings. The first-order valence-corrected chi connectivity index (χ1v) is 8.84. The summed E-state index contributed by atoms with van der Waals surface area (Å²) in [5, 5.41) is 10.5. The smallest absolute Gasteiger partial charge is 0.481 e. The Labute approximate surface area is 168 Å². The third-order valence-electron chi connectivity index (χ3n) is 4.27. The lowest BCUT2D eigenvalue weighted by atomic mass is 10.1. The molecule has 0 spiro atoms. The number of carboxylic acid groups (broad SMARTS) is 1. The van der Waals surface area contributed by atoms with Crippen LogP contribution >= 0.6 is 23.2 Å². The second-order valence-corrected chi connectivity index (χ2v) is 7.04. The van der Waals surface area contributed by atoms with Gasteiger partial charge in [-0.05, 0) is 42.3 Å². The molecule has 0 aliphatic rings. The van der Waals surface area contributed by atoms with Crippen LogP contribution in [-0.2, 0) is 17.8 Å². The number of alkyl halides is 3.